The summed E-state index contributed by atoms with van der Waals surface area (Å²) in [4.78, 5) is 25.9. The zero-order chi connectivity index (χ0) is 14.3. The molecular weight excluding hydrogens is 314 g/mol. The zero-order valence-corrected chi connectivity index (χ0v) is 12.1. The lowest BCUT2D eigenvalue weighted by Crippen LogP contribution is -2.36. The van der Waals surface area contributed by atoms with Crippen LogP contribution in [0.3, 0.4) is 0 Å². The third kappa shape index (κ3) is 6.76. The van der Waals surface area contributed by atoms with Crippen LogP contribution in [0.25, 0.3) is 0 Å². The smallest absolute Gasteiger partial charge is 0.319 e. The fraction of sp³-hybridized carbons (Fsp3) is 0.417. The van der Waals surface area contributed by atoms with Crippen molar-refractivity contribution in [2.24, 2.45) is 0 Å². The van der Waals surface area contributed by atoms with Gasteiger partial charge in [0.25, 0.3) is 0 Å². The van der Waals surface area contributed by atoms with E-state index in [1.165, 1.54) is 0 Å². The summed E-state index contributed by atoms with van der Waals surface area (Å²) in [7, 11) is 0. The molecule has 19 heavy (non-hydrogen) atoms. The van der Waals surface area contributed by atoms with Gasteiger partial charge in [0.15, 0.2) is 0 Å². The zero-order valence-electron chi connectivity index (χ0n) is 10.5. The fourth-order valence-corrected chi connectivity index (χ4v) is 1.87. The SMILES string of the molecule is CC(CCCC(=O)O)NC(=O)Nc1cncc(Br)c1. The summed E-state index contributed by atoms with van der Waals surface area (Å²) in [6, 6.07) is 1.32. The van der Waals surface area contributed by atoms with Crippen molar-refractivity contribution in [2.45, 2.75) is 32.2 Å². The van der Waals surface area contributed by atoms with E-state index in [2.05, 4.69) is 31.5 Å². The normalized spacial score (nSPS) is 11.7. The van der Waals surface area contributed by atoms with E-state index in [1.54, 1.807) is 18.5 Å². The molecule has 7 heteroatoms. The third-order valence-corrected chi connectivity index (χ3v) is 2.80. The highest BCUT2D eigenvalue weighted by Crippen LogP contribution is 2.13. The minimum Gasteiger partial charge on any atom is -0.481 e. The summed E-state index contributed by atoms with van der Waals surface area (Å²) in [5.74, 6) is -0.822. The number of urea groups is 1. The number of anilines is 1. The molecule has 1 aromatic heterocycles. The molecule has 0 spiro atoms. The maximum absolute atomic E-state index is 11.6. The van der Waals surface area contributed by atoms with Crippen LogP contribution in [0.4, 0.5) is 10.5 Å². The van der Waals surface area contributed by atoms with Gasteiger partial charge in [0, 0.05) is 23.1 Å². The quantitative estimate of drug-likeness (QED) is 0.748. The minimum absolute atomic E-state index is 0.0838. The van der Waals surface area contributed by atoms with Crippen LogP contribution in [-0.2, 0) is 4.79 Å². The van der Waals surface area contributed by atoms with Crippen LogP contribution in [0.1, 0.15) is 26.2 Å². The maximum atomic E-state index is 11.6. The number of hydrogen-bond acceptors (Lipinski definition) is 3. The number of pyridine rings is 1. The number of hydrogen-bond donors (Lipinski definition) is 3. The number of nitrogens with zero attached hydrogens (tertiary/aromatic N) is 1. The van der Waals surface area contributed by atoms with Crippen LogP contribution >= 0.6 is 15.9 Å². The van der Waals surface area contributed by atoms with Gasteiger partial charge in [0.1, 0.15) is 0 Å². The second-order valence-electron chi connectivity index (χ2n) is 4.18. The van der Waals surface area contributed by atoms with E-state index in [0.29, 0.717) is 18.5 Å². The first-order chi connectivity index (χ1) is 8.97. The van der Waals surface area contributed by atoms with Gasteiger partial charge in [-0.25, -0.2) is 4.79 Å². The van der Waals surface area contributed by atoms with Gasteiger partial charge in [0.2, 0.25) is 0 Å². The number of carboxylic acid groups (broad SMARTS) is 1. The van der Waals surface area contributed by atoms with Crippen molar-refractivity contribution in [3.63, 3.8) is 0 Å². The molecule has 0 bridgehead atoms. The summed E-state index contributed by atoms with van der Waals surface area (Å²) in [6.45, 7) is 1.83. The highest BCUT2D eigenvalue weighted by atomic mass is 79.9. The van der Waals surface area contributed by atoms with E-state index < -0.39 is 5.97 Å². The Balaban J connectivity index is 2.32. The molecule has 0 aliphatic rings. The number of nitrogens with one attached hydrogen (secondary N) is 2. The van der Waals surface area contributed by atoms with E-state index in [0.717, 1.165) is 4.47 Å². The fourth-order valence-electron chi connectivity index (χ4n) is 1.50. The van der Waals surface area contributed by atoms with Crippen molar-refractivity contribution < 1.29 is 14.7 Å². The van der Waals surface area contributed by atoms with Gasteiger partial charge in [-0.3, -0.25) is 9.78 Å². The predicted molar refractivity (Wildman–Crippen MR) is 75.0 cm³/mol. The van der Waals surface area contributed by atoms with Crippen LogP contribution in [0.5, 0.6) is 0 Å². The summed E-state index contributed by atoms with van der Waals surface area (Å²) in [5.41, 5.74) is 0.588. The van der Waals surface area contributed by atoms with E-state index >= 15 is 0 Å². The van der Waals surface area contributed by atoms with E-state index in [4.69, 9.17) is 5.11 Å². The van der Waals surface area contributed by atoms with E-state index in [-0.39, 0.29) is 18.5 Å². The molecule has 1 rings (SSSR count). The monoisotopic (exact) mass is 329 g/mol. The number of carboxylic acids is 1. The molecule has 1 atom stereocenters. The van der Waals surface area contributed by atoms with E-state index in [1.807, 2.05) is 6.92 Å². The minimum atomic E-state index is -0.822. The van der Waals surface area contributed by atoms with Gasteiger partial charge in [0.05, 0.1) is 11.9 Å². The van der Waals surface area contributed by atoms with Gasteiger partial charge in [-0.2, -0.15) is 0 Å². The maximum Gasteiger partial charge on any atom is 0.319 e. The van der Waals surface area contributed by atoms with Crippen molar-refractivity contribution in [3.8, 4) is 0 Å². The molecule has 0 aliphatic heterocycles. The molecule has 6 nitrogen and oxygen atoms in total. The molecule has 0 saturated heterocycles. The van der Waals surface area contributed by atoms with Crippen LogP contribution in [-0.4, -0.2) is 28.1 Å². The Morgan fingerprint density at radius 2 is 2.21 bits per heavy atom. The first-order valence-corrected chi connectivity index (χ1v) is 6.66. The molecule has 0 aromatic carbocycles. The Kier molecular flexibility index (Phi) is 6.27. The summed E-state index contributed by atoms with van der Waals surface area (Å²) >= 11 is 3.26. The molecule has 3 N–H and O–H groups in total. The van der Waals surface area contributed by atoms with E-state index in [9.17, 15) is 9.59 Å². The first kappa shape index (κ1) is 15.4. The highest BCUT2D eigenvalue weighted by molar-refractivity contribution is 9.10. The van der Waals surface area contributed by atoms with Crippen LogP contribution in [0, 0.1) is 0 Å². The van der Waals surface area contributed by atoms with Gasteiger partial charge in [-0.1, -0.05) is 0 Å². The molecule has 0 fully saturated rings. The average Bonchev–Trinajstić information content (AvgIpc) is 2.27. The lowest BCUT2D eigenvalue weighted by atomic mass is 10.1. The second-order valence-corrected chi connectivity index (χ2v) is 5.09. The van der Waals surface area contributed by atoms with Crippen LogP contribution < -0.4 is 10.6 Å². The topological polar surface area (TPSA) is 91.3 Å². The molecular formula is C12H16BrN3O3. The Morgan fingerprint density at radius 1 is 1.47 bits per heavy atom. The predicted octanol–water partition coefficient (Wildman–Crippen LogP) is 2.61. The number of rotatable bonds is 6. The molecule has 0 saturated carbocycles. The van der Waals surface area contributed by atoms with Gasteiger partial charge in [-0.05, 0) is 41.8 Å². The average molecular weight is 330 g/mol. The van der Waals surface area contributed by atoms with Crippen molar-refractivity contribution in [1.29, 1.82) is 0 Å². The van der Waals surface area contributed by atoms with Crippen molar-refractivity contribution in [3.05, 3.63) is 22.9 Å². The molecule has 1 unspecified atom stereocenters. The number of amides is 2. The molecule has 2 amide bonds. The van der Waals surface area contributed by atoms with Crippen molar-refractivity contribution >= 4 is 33.6 Å². The summed E-state index contributed by atoms with van der Waals surface area (Å²) in [5, 5.41) is 13.9. The molecule has 0 radical (unpaired) electrons. The van der Waals surface area contributed by atoms with Crippen molar-refractivity contribution in [1.82, 2.24) is 10.3 Å². The standard InChI is InChI=1S/C12H16BrN3O3/c1-8(3-2-4-11(17)18)15-12(19)16-10-5-9(13)6-14-7-10/h5-8H,2-4H2,1H3,(H,17,18)(H2,15,16,19). The first-order valence-electron chi connectivity index (χ1n) is 5.87. The number of carbonyl (C=O) groups is 2. The molecule has 1 aromatic rings. The lowest BCUT2D eigenvalue weighted by Gasteiger charge is -2.14. The lowest BCUT2D eigenvalue weighted by molar-refractivity contribution is -0.137. The van der Waals surface area contributed by atoms with Crippen LogP contribution in [0.2, 0.25) is 0 Å². The molecule has 1 heterocycles. The third-order valence-electron chi connectivity index (χ3n) is 2.37. The Labute approximate surface area is 119 Å². The van der Waals surface area contributed by atoms with Gasteiger partial charge >= 0.3 is 12.0 Å². The number of aliphatic carboxylic acids is 1. The van der Waals surface area contributed by atoms with Gasteiger partial charge in [-0.15, -0.1) is 0 Å². The Morgan fingerprint density at radius 3 is 2.84 bits per heavy atom. The number of halogens is 1. The Hall–Kier alpha value is -1.63. The largest absolute Gasteiger partial charge is 0.481 e. The number of aromatic nitrogens is 1. The van der Waals surface area contributed by atoms with Crippen LogP contribution in [0.15, 0.2) is 22.9 Å². The van der Waals surface area contributed by atoms with Gasteiger partial charge < -0.3 is 15.7 Å². The van der Waals surface area contributed by atoms with Crippen molar-refractivity contribution in [2.75, 3.05) is 5.32 Å². The summed E-state index contributed by atoms with van der Waals surface area (Å²) in [6.07, 6.45) is 4.44. The number of carbonyl (C=O) groups excluding carboxylic acids is 1. The Bertz CT molecular complexity index is 454. The molecule has 0 aliphatic carbocycles. The summed E-state index contributed by atoms with van der Waals surface area (Å²) < 4.78 is 0.778. The highest BCUT2D eigenvalue weighted by Gasteiger charge is 2.08. The second kappa shape index (κ2) is 7.73. The molecule has 104 valence electrons.